The molecular weight excluding hydrogens is 633 g/mol. The molecule has 0 saturated carbocycles. The predicted molar refractivity (Wildman–Crippen MR) is 225 cm³/mol. The summed E-state index contributed by atoms with van der Waals surface area (Å²) in [6, 6.07) is 52.7. The summed E-state index contributed by atoms with van der Waals surface area (Å²) < 4.78 is 1.33. The number of rotatable bonds is 4. The van der Waals surface area contributed by atoms with Crippen LogP contribution >= 0.6 is 11.3 Å². The highest BCUT2D eigenvalue weighted by atomic mass is 32.1. The van der Waals surface area contributed by atoms with Gasteiger partial charge in [-0.25, -0.2) is 0 Å². The molecular formula is C50H38S. The van der Waals surface area contributed by atoms with Crippen LogP contribution in [0.5, 0.6) is 0 Å². The Morgan fingerprint density at radius 1 is 0.549 bits per heavy atom. The number of fused-ring (bicyclic) bond motifs is 2. The van der Waals surface area contributed by atoms with E-state index in [0.717, 1.165) is 6.42 Å². The molecule has 0 spiro atoms. The van der Waals surface area contributed by atoms with E-state index in [2.05, 4.69) is 166 Å². The van der Waals surface area contributed by atoms with Gasteiger partial charge in [-0.3, -0.25) is 0 Å². The van der Waals surface area contributed by atoms with Crippen molar-refractivity contribution in [2.45, 2.75) is 27.2 Å². The van der Waals surface area contributed by atoms with Crippen molar-refractivity contribution in [3.05, 3.63) is 180 Å². The highest BCUT2D eigenvalue weighted by Gasteiger charge is 2.23. The molecule has 0 amide bonds. The maximum absolute atomic E-state index is 3.36. The molecule has 0 aliphatic heterocycles. The van der Waals surface area contributed by atoms with Crippen LogP contribution in [0, 0.1) is 13.8 Å². The Kier molecular flexibility index (Phi) is 7.68. The van der Waals surface area contributed by atoms with Gasteiger partial charge in [0.1, 0.15) is 0 Å². The van der Waals surface area contributed by atoms with E-state index in [9.17, 15) is 0 Å². The third-order valence-corrected chi connectivity index (χ3v) is 11.6. The minimum Gasteiger partial charge on any atom is -0.135 e. The molecule has 0 saturated heterocycles. The second-order valence-corrected chi connectivity index (χ2v) is 14.9. The zero-order chi connectivity index (χ0) is 34.6. The number of hydrogen-bond donors (Lipinski definition) is 0. The molecule has 0 N–H and O–H groups in total. The fourth-order valence-corrected chi connectivity index (χ4v) is 9.07. The van der Waals surface area contributed by atoms with Crippen molar-refractivity contribution in [2.24, 2.45) is 0 Å². The summed E-state index contributed by atoms with van der Waals surface area (Å²) in [5.74, 6) is 0. The molecule has 0 fully saturated rings. The summed E-state index contributed by atoms with van der Waals surface area (Å²) in [4.78, 5) is 1.32. The van der Waals surface area contributed by atoms with Crippen LogP contribution in [0.1, 0.15) is 34.7 Å². The number of thiophene rings is 1. The van der Waals surface area contributed by atoms with E-state index in [4.69, 9.17) is 0 Å². The van der Waals surface area contributed by atoms with Crippen LogP contribution < -0.4 is 0 Å². The molecule has 1 heterocycles. The lowest BCUT2D eigenvalue weighted by molar-refractivity contribution is 1.32. The van der Waals surface area contributed by atoms with Gasteiger partial charge in [0, 0.05) is 15.1 Å². The van der Waals surface area contributed by atoms with Crippen LogP contribution in [-0.2, 0) is 6.42 Å². The van der Waals surface area contributed by atoms with Crippen molar-refractivity contribution in [3.8, 4) is 32.7 Å². The van der Waals surface area contributed by atoms with E-state index in [1.54, 1.807) is 6.08 Å². The average molecular weight is 671 g/mol. The Hall–Kier alpha value is -5.76. The Morgan fingerprint density at radius 2 is 1.06 bits per heavy atom. The average Bonchev–Trinajstić information content (AvgIpc) is 3.79. The second kappa shape index (κ2) is 12.5. The highest BCUT2D eigenvalue weighted by molar-refractivity contribution is 7.22. The lowest BCUT2D eigenvalue weighted by Crippen LogP contribution is -1.96. The SMILES string of the molecule is C=CC.Cc1ccc(-c2cc(C3=Cc4ccccc4C3)c3ccc4c(-c5ccc(C)cc5)cc(-c5cc6ccccc6s5)c5ccc2c3c45)cc1. The predicted octanol–water partition coefficient (Wildman–Crippen LogP) is 14.7. The van der Waals surface area contributed by atoms with Crippen LogP contribution in [-0.4, -0.2) is 0 Å². The van der Waals surface area contributed by atoms with Crippen molar-refractivity contribution in [1.29, 1.82) is 0 Å². The molecule has 1 aliphatic rings. The van der Waals surface area contributed by atoms with Crippen molar-refractivity contribution < 1.29 is 0 Å². The van der Waals surface area contributed by atoms with Crippen molar-refractivity contribution in [2.75, 3.05) is 0 Å². The molecule has 1 heteroatoms. The van der Waals surface area contributed by atoms with Crippen molar-refractivity contribution in [1.82, 2.24) is 0 Å². The van der Waals surface area contributed by atoms with Gasteiger partial charge in [-0.05, 0) is 134 Å². The second-order valence-electron chi connectivity index (χ2n) is 13.8. The fourth-order valence-electron chi connectivity index (χ4n) is 7.97. The molecule has 8 aromatic carbocycles. The normalized spacial score (nSPS) is 12.3. The van der Waals surface area contributed by atoms with E-state index in [1.165, 1.54) is 108 Å². The van der Waals surface area contributed by atoms with E-state index in [1.807, 2.05) is 18.3 Å². The summed E-state index contributed by atoms with van der Waals surface area (Å²) in [6.07, 6.45) is 5.12. The summed E-state index contributed by atoms with van der Waals surface area (Å²) in [6.45, 7) is 9.59. The maximum atomic E-state index is 3.36. The topological polar surface area (TPSA) is 0 Å². The smallest absolute Gasteiger partial charge is 0.0361 e. The molecule has 0 unspecified atom stereocenters. The standard InChI is InChI=1S/C47H32S.C3H6/c1-28-11-15-30(16-12-28)40-26-42(35-23-32-7-3-4-8-33(32)24-35)38-20-19-37-41(31-17-13-29(2)14-18-31)27-43(39-22-21-36(40)46(38)47(37)39)45-25-34-9-5-6-10-44(34)48-45;1-3-2/h3-23,25-27H,24H2,1-2H3;3H,1H2,2H3. The van der Waals surface area contributed by atoms with Gasteiger partial charge in [-0.15, -0.1) is 17.9 Å². The van der Waals surface area contributed by atoms with Gasteiger partial charge < -0.3 is 0 Å². The summed E-state index contributed by atoms with van der Waals surface area (Å²) in [7, 11) is 0. The van der Waals surface area contributed by atoms with E-state index in [0.29, 0.717) is 0 Å². The van der Waals surface area contributed by atoms with Gasteiger partial charge in [0.05, 0.1) is 0 Å². The van der Waals surface area contributed by atoms with Crippen LogP contribution in [0.3, 0.4) is 0 Å². The van der Waals surface area contributed by atoms with Crippen LogP contribution in [0.25, 0.3) is 86.7 Å². The van der Waals surface area contributed by atoms with Crippen LogP contribution in [0.4, 0.5) is 0 Å². The Labute approximate surface area is 304 Å². The van der Waals surface area contributed by atoms with Crippen molar-refractivity contribution in [3.63, 3.8) is 0 Å². The van der Waals surface area contributed by atoms with Gasteiger partial charge in [-0.2, -0.15) is 0 Å². The lowest BCUT2D eigenvalue weighted by Gasteiger charge is -2.21. The maximum Gasteiger partial charge on any atom is 0.0361 e. The van der Waals surface area contributed by atoms with Gasteiger partial charge in [-0.1, -0.05) is 139 Å². The lowest BCUT2D eigenvalue weighted by atomic mass is 9.82. The first-order valence-corrected chi connectivity index (χ1v) is 18.6. The first-order chi connectivity index (χ1) is 25.0. The molecule has 10 rings (SSSR count). The summed E-state index contributed by atoms with van der Waals surface area (Å²) >= 11 is 1.90. The largest absolute Gasteiger partial charge is 0.135 e. The minimum atomic E-state index is 0.954. The number of aryl methyl sites for hydroxylation is 2. The zero-order valence-electron chi connectivity index (χ0n) is 29.3. The van der Waals surface area contributed by atoms with Crippen molar-refractivity contribution >= 4 is 65.4 Å². The number of hydrogen-bond acceptors (Lipinski definition) is 1. The van der Waals surface area contributed by atoms with Crippen LogP contribution in [0.2, 0.25) is 0 Å². The molecule has 0 bridgehead atoms. The van der Waals surface area contributed by atoms with Crippen LogP contribution in [0.15, 0.2) is 152 Å². The molecule has 244 valence electrons. The summed E-state index contributed by atoms with van der Waals surface area (Å²) in [5.41, 5.74) is 14.5. The first kappa shape index (κ1) is 31.2. The molecule has 9 aromatic rings. The van der Waals surface area contributed by atoms with Gasteiger partial charge >= 0.3 is 0 Å². The molecule has 0 atom stereocenters. The molecule has 0 radical (unpaired) electrons. The Morgan fingerprint density at radius 3 is 1.65 bits per heavy atom. The van der Waals surface area contributed by atoms with Gasteiger partial charge in [0.15, 0.2) is 0 Å². The number of allylic oxidation sites excluding steroid dienone is 2. The minimum absolute atomic E-state index is 0.954. The third-order valence-electron chi connectivity index (χ3n) is 10.4. The molecule has 51 heavy (non-hydrogen) atoms. The first-order valence-electron chi connectivity index (χ1n) is 17.8. The molecule has 1 aromatic heterocycles. The quantitative estimate of drug-likeness (QED) is 0.129. The Bertz CT molecular complexity index is 2760. The fraction of sp³-hybridized carbons (Fsp3) is 0.0800. The Balaban J connectivity index is 0.00000112. The monoisotopic (exact) mass is 670 g/mol. The zero-order valence-corrected chi connectivity index (χ0v) is 30.1. The van der Waals surface area contributed by atoms with Gasteiger partial charge in [0.2, 0.25) is 0 Å². The van der Waals surface area contributed by atoms with E-state index < -0.39 is 0 Å². The molecule has 1 aliphatic carbocycles. The summed E-state index contributed by atoms with van der Waals surface area (Å²) in [5, 5.41) is 9.31. The van der Waals surface area contributed by atoms with Gasteiger partial charge in [0.25, 0.3) is 0 Å². The van der Waals surface area contributed by atoms with E-state index >= 15 is 0 Å². The van der Waals surface area contributed by atoms with E-state index in [-0.39, 0.29) is 0 Å². The third kappa shape index (κ3) is 5.28. The number of benzene rings is 8. The molecule has 0 nitrogen and oxygen atoms in total. The highest BCUT2D eigenvalue weighted by Crippen LogP contribution is 2.49.